The number of rotatable bonds is 3. The summed E-state index contributed by atoms with van der Waals surface area (Å²) >= 11 is 1.51. The van der Waals surface area contributed by atoms with Crippen molar-refractivity contribution in [3.05, 3.63) is 81.5 Å². The first kappa shape index (κ1) is 18.2. The molecule has 0 bridgehead atoms. The van der Waals surface area contributed by atoms with Gasteiger partial charge in [0.15, 0.2) is 5.84 Å². The third-order valence-corrected chi connectivity index (χ3v) is 5.08. The van der Waals surface area contributed by atoms with Crippen LogP contribution < -0.4 is 10.2 Å². The van der Waals surface area contributed by atoms with Crippen LogP contribution in [0.15, 0.2) is 70.1 Å². The third-order valence-electron chi connectivity index (χ3n) is 4.20. The Balaban J connectivity index is 1.82. The highest BCUT2D eigenvalue weighted by molar-refractivity contribution is 7.12. The van der Waals surface area contributed by atoms with Crippen LogP contribution in [-0.2, 0) is 6.18 Å². The molecule has 0 radical (unpaired) electrons. The summed E-state index contributed by atoms with van der Waals surface area (Å²) in [5.74, 6) is 1.18. The summed E-state index contributed by atoms with van der Waals surface area (Å²) in [6.45, 7) is 0. The van der Waals surface area contributed by atoms with Crippen LogP contribution in [-0.4, -0.2) is 18.7 Å². The summed E-state index contributed by atoms with van der Waals surface area (Å²) in [5.41, 5.74) is 4.57. The molecule has 0 amide bonds. The van der Waals surface area contributed by atoms with Crippen molar-refractivity contribution >= 4 is 28.6 Å². The first-order valence-electron chi connectivity index (χ1n) is 8.28. The summed E-state index contributed by atoms with van der Waals surface area (Å²) in [7, 11) is 1.55. The highest BCUT2D eigenvalue weighted by Crippen LogP contribution is 2.32. The Morgan fingerprint density at radius 3 is 2.46 bits per heavy atom. The van der Waals surface area contributed by atoms with Crippen molar-refractivity contribution in [3.63, 3.8) is 0 Å². The van der Waals surface area contributed by atoms with E-state index in [2.05, 4.69) is 15.5 Å². The second-order valence-electron chi connectivity index (χ2n) is 5.97. The van der Waals surface area contributed by atoms with E-state index in [9.17, 15) is 13.2 Å². The lowest BCUT2D eigenvalue weighted by Crippen LogP contribution is -2.18. The van der Waals surface area contributed by atoms with Crippen molar-refractivity contribution in [3.8, 4) is 5.75 Å². The first-order chi connectivity index (χ1) is 13.5. The Hall–Kier alpha value is -3.13. The molecule has 3 aromatic rings. The molecule has 0 atom stereocenters. The van der Waals surface area contributed by atoms with Crippen LogP contribution in [0, 0.1) is 0 Å². The lowest BCUT2D eigenvalue weighted by Gasteiger charge is -2.11. The van der Waals surface area contributed by atoms with E-state index in [-0.39, 0.29) is 0 Å². The molecule has 142 valence electrons. The highest BCUT2D eigenvalue weighted by Gasteiger charge is 2.30. The molecular formula is C20H14F3N3OS. The molecule has 28 heavy (non-hydrogen) atoms. The van der Waals surface area contributed by atoms with E-state index in [0.29, 0.717) is 34.1 Å². The SMILES string of the molecule is COc1ccc2c(c1)C(c1ccc(C(F)(F)F)cc1)=NNC(c1cccs1)=N2. The summed E-state index contributed by atoms with van der Waals surface area (Å²) in [5, 5.41) is 6.38. The Kier molecular flexibility index (Phi) is 4.64. The maximum Gasteiger partial charge on any atom is 0.416 e. The van der Waals surface area contributed by atoms with Crippen LogP contribution in [0.25, 0.3) is 0 Å². The van der Waals surface area contributed by atoms with Crippen LogP contribution in [0.5, 0.6) is 5.75 Å². The lowest BCUT2D eigenvalue weighted by atomic mass is 9.99. The van der Waals surface area contributed by atoms with E-state index in [1.807, 2.05) is 17.5 Å². The van der Waals surface area contributed by atoms with Gasteiger partial charge in [-0.25, -0.2) is 4.99 Å². The third kappa shape index (κ3) is 3.50. The van der Waals surface area contributed by atoms with Gasteiger partial charge >= 0.3 is 6.18 Å². The fourth-order valence-electron chi connectivity index (χ4n) is 2.80. The predicted molar refractivity (Wildman–Crippen MR) is 104 cm³/mol. The lowest BCUT2D eigenvalue weighted by molar-refractivity contribution is -0.137. The van der Waals surface area contributed by atoms with Gasteiger partial charge in [-0.3, -0.25) is 5.43 Å². The number of hydrogen-bond acceptors (Lipinski definition) is 5. The molecule has 0 fully saturated rings. The largest absolute Gasteiger partial charge is 0.497 e. The number of nitrogens with one attached hydrogen (secondary N) is 1. The van der Waals surface area contributed by atoms with Gasteiger partial charge in [-0.2, -0.15) is 18.3 Å². The maximum atomic E-state index is 12.9. The fourth-order valence-corrected chi connectivity index (χ4v) is 3.47. The zero-order valence-corrected chi connectivity index (χ0v) is 15.4. The zero-order chi connectivity index (χ0) is 19.7. The van der Waals surface area contributed by atoms with Crippen LogP contribution in [0.1, 0.15) is 21.6 Å². The molecule has 0 spiro atoms. The van der Waals surface area contributed by atoms with Crippen molar-refractivity contribution in [1.29, 1.82) is 0 Å². The zero-order valence-electron chi connectivity index (χ0n) is 14.6. The monoisotopic (exact) mass is 401 g/mol. The van der Waals surface area contributed by atoms with Crippen molar-refractivity contribution in [2.75, 3.05) is 7.11 Å². The number of thiophene rings is 1. The van der Waals surface area contributed by atoms with Crippen LogP contribution in [0.4, 0.5) is 18.9 Å². The summed E-state index contributed by atoms with van der Waals surface area (Å²) in [4.78, 5) is 5.56. The fraction of sp³-hybridized carbons (Fsp3) is 0.100. The number of amidine groups is 1. The topological polar surface area (TPSA) is 46.0 Å². The number of ether oxygens (including phenoxy) is 1. The molecule has 1 aliphatic heterocycles. The average Bonchev–Trinajstić information content (AvgIpc) is 3.15. The van der Waals surface area contributed by atoms with Gasteiger partial charge in [-0.1, -0.05) is 18.2 Å². The number of alkyl halides is 3. The van der Waals surface area contributed by atoms with Crippen molar-refractivity contribution in [2.24, 2.45) is 10.1 Å². The van der Waals surface area contributed by atoms with Crippen LogP contribution in [0.3, 0.4) is 0 Å². The summed E-state index contributed by atoms with van der Waals surface area (Å²) in [6.07, 6.45) is -4.39. The molecule has 0 saturated heterocycles. The number of hydrazone groups is 1. The van der Waals surface area contributed by atoms with Gasteiger partial charge in [-0.05, 0) is 41.8 Å². The van der Waals surface area contributed by atoms with Gasteiger partial charge in [0.05, 0.1) is 23.2 Å². The molecule has 1 aromatic heterocycles. The minimum absolute atomic E-state index is 0.484. The molecule has 4 nitrogen and oxygen atoms in total. The minimum atomic E-state index is -4.39. The molecule has 4 rings (SSSR count). The van der Waals surface area contributed by atoms with E-state index in [1.165, 1.54) is 23.5 Å². The molecule has 0 unspecified atom stereocenters. The second-order valence-corrected chi connectivity index (χ2v) is 6.92. The summed E-state index contributed by atoms with van der Waals surface area (Å²) < 4.78 is 44.0. The normalized spacial score (nSPS) is 13.7. The van der Waals surface area contributed by atoms with E-state index >= 15 is 0 Å². The van der Waals surface area contributed by atoms with E-state index < -0.39 is 11.7 Å². The maximum absolute atomic E-state index is 12.9. The molecule has 8 heteroatoms. The van der Waals surface area contributed by atoms with E-state index in [4.69, 9.17) is 4.74 Å². The Bertz CT molecular complexity index is 1060. The number of benzene rings is 2. The Labute approximate surface area is 163 Å². The highest BCUT2D eigenvalue weighted by atomic mass is 32.1. The second kappa shape index (κ2) is 7.12. The average molecular weight is 401 g/mol. The number of methoxy groups -OCH3 is 1. The van der Waals surface area contributed by atoms with E-state index in [0.717, 1.165) is 17.0 Å². The number of nitrogens with zero attached hydrogens (tertiary/aromatic N) is 2. The molecular weight excluding hydrogens is 387 g/mol. The van der Waals surface area contributed by atoms with Crippen molar-refractivity contribution in [2.45, 2.75) is 6.18 Å². The van der Waals surface area contributed by atoms with Gasteiger partial charge in [0.1, 0.15) is 11.5 Å². The van der Waals surface area contributed by atoms with Crippen LogP contribution in [0.2, 0.25) is 0 Å². The molecule has 2 heterocycles. The van der Waals surface area contributed by atoms with Gasteiger partial charge in [0.25, 0.3) is 0 Å². The van der Waals surface area contributed by atoms with Gasteiger partial charge in [-0.15, -0.1) is 11.3 Å². The standard InChI is InChI=1S/C20H14F3N3OS/c1-27-14-8-9-16-15(11-14)18(12-4-6-13(7-5-12)20(21,22)23)25-26-19(24-16)17-3-2-10-28-17/h2-11H,1H3,(H,24,26). The van der Waals surface area contributed by atoms with E-state index in [1.54, 1.807) is 25.3 Å². The smallest absolute Gasteiger partial charge is 0.416 e. The Morgan fingerprint density at radius 1 is 1.04 bits per heavy atom. The number of aliphatic imine (C=N–C) groups is 1. The Morgan fingerprint density at radius 2 is 1.82 bits per heavy atom. The summed E-state index contributed by atoms with van der Waals surface area (Å²) in [6, 6.07) is 14.1. The molecule has 0 aliphatic carbocycles. The predicted octanol–water partition coefficient (Wildman–Crippen LogP) is 5.21. The molecule has 1 aliphatic rings. The van der Waals surface area contributed by atoms with Crippen LogP contribution >= 0.6 is 11.3 Å². The van der Waals surface area contributed by atoms with Gasteiger partial charge in [0.2, 0.25) is 0 Å². The van der Waals surface area contributed by atoms with Crippen molar-refractivity contribution in [1.82, 2.24) is 5.43 Å². The molecule has 2 aromatic carbocycles. The number of halogens is 3. The molecule has 1 N–H and O–H groups in total. The quantitative estimate of drug-likeness (QED) is 0.655. The molecule has 0 saturated carbocycles. The van der Waals surface area contributed by atoms with Gasteiger partial charge < -0.3 is 4.74 Å². The van der Waals surface area contributed by atoms with Crippen molar-refractivity contribution < 1.29 is 17.9 Å². The minimum Gasteiger partial charge on any atom is -0.497 e. The number of fused-ring (bicyclic) bond motifs is 1. The van der Waals surface area contributed by atoms with Gasteiger partial charge in [0, 0.05) is 11.1 Å². The number of hydrogen-bond donors (Lipinski definition) is 1. The first-order valence-corrected chi connectivity index (χ1v) is 9.16.